The lowest BCUT2D eigenvalue weighted by atomic mass is 10.2. The highest BCUT2D eigenvalue weighted by Crippen LogP contribution is 2.00. The second kappa shape index (κ2) is 17.1. The minimum absolute atomic E-state index is 0.158. The topological polar surface area (TPSA) is 154 Å². The van der Waals surface area contributed by atoms with Gasteiger partial charge in [0.2, 0.25) is 18.2 Å². The summed E-state index contributed by atoms with van der Waals surface area (Å²) < 4.78 is 3.24. The average molecular weight is 463 g/mol. The van der Waals surface area contributed by atoms with Gasteiger partial charge in [-0.15, -0.1) is 0 Å². The van der Waals surface area contributed by atoms with Crippen LogP contribution in [0.15, 0.2) is 29.4 Å². The minimum Gasteiger partial charge on any atom is -0.247 e. The predicted molar refractivity (Wildman–Crippen MR) is 120 cm³/mol. The molecule has 0 aliphatic rings. The molecule has 0 saturated heterocycles. The van der Waals surface area contributed by atoms with Crippen LogP contribution in [0.2, 0.25) is 0 Å². The minimum atomic E-state index is -0.640. The summed E-state index contributed by atoms with van der Waals surface area (Å²) in [6.45, 7) is 1.49. The van der Waals surface area contributed by atoms with E-state index in [-0.39, 0.29) is 19.6 Å². The first kappa shape index (κ1) is 27.6. The van der Waals surface area contributed by atoms with Crippen LogP contribution in [0.25, 0.3) is 0 Å². The zero-order chi connectivity index (χ0) is 24.3. The lowest BCUT2D eigenvalue weighted by Crippen LogP contribution is -2.54. The third-order valence-electron chi connectivity index (χ3n) is 5.03. The average Bonchev–Trinajstić information content (AvgIpc) is 2.81. The molecule has 0 aliphatic heterocycles. The molecule has 0 fully saturated rings. The van der Waals surface area contributed by atoms with E-state index in [4.69, 9.17) is 0 Å². The Morgan fingerprint density at radius 2 is 0.727 bits per heavy atom. The van der Waals surface area contributed by atoms with Gasteiger partial charge in [0.05, 0.1) is 19.6 Å². The Morgan fingerprint density at radius 3 is 0.970 bits per heavy atom. The van der Waals surface area contributed by atoms with Gasteiger partial charge < -0.3 is 0 Å². The zero-order valence-electron chi connectivity index (χ0n) is 18.7. The smallest absolute Gasteiger partial charge is 0.247 e. The Labute approximate surface area is 190 Å². The van der Waals surface area contributed by atoms with Crippen LogP contribution in [0.5, 0.6) is 0 Å². The highest BCUT2D eigenvalue weighted by molar-refractivity contribution is 5.33. The SMILES string of the molecule is O=C=NCCCCCn1c(=O)n(CCCCCN=C=O)c(=O)n(CCCCCN=C=O)c1=O. The summed E-state index contributed by atoms with van der Waals surface area (Å²) in [6, 6.07) is 0. The van der Waals surface area contributed by atoms with E-state index >= 15 is 0 Å². The highest BCUT2D eigenvalue weighted by Gasteiger charge is 2.15. The van der Waals surface area contributed by atoms with Crippen molar-refractivity contribution in [1.29, 1.82) is 0 Å². The molecule has 180 valence electrons. The van der Waals surface area contributed by atoms with Crippen molar-refractivity contribution in [3.63, 3.8) is 0 Å². The standard InChI is InChI=1S/C21H30N6O6/c28-16-22-10-4-1-7-13-25-19(31)26(14-8-2-5-11-23-17-29)21(33)27(20(25)32)15-9-3-6-12-24-18-30/h1-15H2. The first-order valence-electron chi connectivity index (χ1n) is 11.1. The van der Waals surface area contributed by atoms with Gasteiger partial charge in [0, 0.05) is 19.6 Å². The van der Waals surface area contributed by atoms with Crippen LogP contribution in [0.1, 0.15) is 57.8 Å². The molecule has 0 bridgehead atoms. The molecule has 0 amide bonds. The molecule has 1 aromatic rings. The van der Waals surface area contributed by atoms with Gasteiger partial charge in [-0.25, -0.2) is 57.4 Å². The molecule has 0 unspecified atom stereocenters. The van der Waals surface area contributed by atoms with Crippen LogP contribution in [0.3, 0.4) is 0 Å². The Bertz CT molecular complexity index is 889. The number of aromatic nitrogens is 3. The number of nitrogens with zero attached hydrogens (tertiary/aromatic N) is 6. The number of rotatable bonds is 18. The summed E-state index contributed by atoms with van der Waals surface area (Å²) in [4.78, 5) is 79.4. The molecule has 0 atom stereocenters. The number of hydrogen-bond acceptors (Lipinski definition) is 9. The molecule has 12 nitrogen and oxygen atoms in total. The molecule has 1 rings (SSSR count). The summed E-state index contributed by atoms with van der Waals surface area (Å²) in [5.74, 6) is 0. The molecular weight excluding hydrogens is 432 g/mol. The van der Waals surface area contributed by atoms with E-state index < -0.39 is 17.1 Å². The van der Waals surface area contributed by atoms with E-state index in [1.54, 1.807) is 0 Å². The van der Waals surface area contributed by atoms with Gasteiger partial charge >= 0.3 is 17.1 Å². The van der Waals surface area contributed by atoms with E-state index in [0.29, 0.717) is 77.4 Å². The summed E-state index contributed by atoms with van der Waals surface area (Å²) in [5, 5.41) is 0. The van der Waals surface area contributed by atoms with E-state index in [9.17, 15) is 28.8 Å². The summed E-state index contributed by atoms with van der Waals surface area (Å²) in [7, 11) is 0. The van der Waals surface area contributed by atoms with Crippen molar-refractivity contribution < 1.29 is 14.4 Å². The molecule has 0 radical (unpaired) electrons. The number of aliphatic imine (C=N–C) groups is 3. The van der Waals surface area contributed by atoms with Crippen molar-refractivity contribution in [2.24, 2.45) is 15.0 Å². The zero-order valence-corrected chi connectivity index (χ0v) is 18.7. The quantitative estimate of drug-likeness (QED) is 0.178. The lowest BCUT2D eigenvalue weighted by molar-refractivity contribution is 0.415. The fourth-order valence-electron chi connectivity index (χ4n) is 3.31. The first-order chi connectivity index (χ1) is 16.1. The molecule has 0 aliphatic carbocycles. The second-order valence-corrected chi connectivity index (χ2v) is 7.40. The van der Waals surface area contributed by atoms with Crippen molar-refractivity contribution in [2.75, 3.05) is 19.6 Å². The normalized spacial score (nSPS) is 10.2. The largest absolute Gasteiger partial charge is 0.336 e. The molecule has 12 heteroatoms. The van der Waals surface area contributed by atoms with Crippen LogP contribution in [-0.2, 0) is 34.0 Å². The fourth-order valence-corrected chi connectivity index (χ4v) is 3.31. The Balaban J connectivity index is 2.98. The fraction of sp³-hybridized carbons (Fsp3) is 0.714. The van der Waals surface area contributed by atoms with E-state index in [0.717, 1.165) is 13.7 Å². The van der Waals surface area contributed by atoms with Gasteiger partial charge in [-0.1, -0.05) is 0 Å². The van der Waals surface area contributed by atoms with Crippen LogP contribution < -0.4 is 17.1 Å². The molecule has 0 aromatic carbocycles. The van der Waals surface area contributed by atoms with Gasteiger partial charge in [0.15, 0.2) is 0 Å². The maximum absolute atomic E-state index is 12.9. The molecule has 1 aromatic heterocycles. The van der Waals surface area contributed by atoms with Crippen LogP contribution in [0, 0.1) is 0 Å². The van der Waals surface area contributed by atoms with Gasteiger partial charge in [-0.2, -0.15) is 0 Å². The Kier molecular flexibility index (Phi) is 14.3. The van der Waals surface area contributed by atoms with Gasteiger partial charge in [-0.05, 0) is 57.8 Å². The first-order valence-corrected chi connectivity index (χ1v) is 11.1. The monoisotopic (exact) mass is 462 g/mol. The van der Waals surface area contributed by atoms with Crippen molar-refractivity contribution in [2.45, 2.75) is 77.4 Å². The third-order valence-corrected chi connectivity index (χ3v) is 5.03. The number of hydrogen-bond donors (Lipinski definition) is 0. The summed E-state index contributed by atoms with van der Waals surface area (Å²) in [6.07, 6.45) is 9.83. The number of unbranched alkanes of at least 4 members (excludes halogenated alkanes) is 6. The molecule has 0 saturated carbocycles. The van der Waals surface area contributed by atoms with Crippen LogP contribution in [0.4, 0.5) is 0 Å². The number of carbonyl (C=O) groups excluding carboxylic acids is 3. The predicted octanol–water partition coefficient (Wildman–Crippen LogP) is 0.690. The van der Waals surface area contributed by atoms with E-state index in [2.05, 4.69) is 15.0 Å². The molecule has 33 heavy (non-hydrogen) atoms. The van der Waals surface area contributed by atoms with Gasteiger partial charge in [-0.3, -0.25) is 0 Å². The van der Waals surface area contributed by atoms with Crippen LogP contribution in [-0.4, -0.2) is 51.6 Å². The molecule has 1 heterocycles. The summed E-state index contributed by atoms with van der Waals surface area (Å²) in [5.41, 5.74) is -1.92. The Hall–Kier alpha value is -3.45. The van der Waals surface area contributed by atoms with Crippen molar-refractivity contribution in [3.8, 4) is 0 Å². The molecule has 0 spiro atoms. The Morgan fingerprint density at radius 1 is 0.455 bits per heavy atom. The second-order valence-electron chi connectivity index (χ2n) is 7.40. The van der Waals surface area contributed by atoms with Crippen molar-refractivity contribution in [3.05, 3.63) is 31.5 Å². The highest BCUT2D eigenvalue weighted by atomic mass is 16.2. The third kappa shape index (κ3) is 10.1. The van der Waals surface area contributed by atoms with Crippen LogP contribution >= 0.6 is 0 Å². The molecular formula is C21H30N6O6. The number of isocyanates is 3. The maximum Gasteiger partial charge on any atom is 0.336 e. The maximum atomic E-state index is 12.9. The van der Waals surface area contributed by atoms with Gasteiger partial charge in [0.1, 0.15) is 0 Å². The summed E-state index contributed by atoms with van der Waals surface area (Å²) >= 11 is 0. The van der Waals surface area contributed by atoms with Crippen molar-refractivity contribution in [1.82, 2.24) is 13.7 Å². The van der Waals surface area contributed by atoms with E-state index in [1.807, 2.05) is 0 Å². The van der Waals surface area contributed by atoms with Gasteiger partial charge in [0.25, 0.3) is 0 Å². The van der Waals surface area contributed by atoms with Crippen molar-refractivity contribution >= 4 is 18.2 Å². The molecule has 0 N–H and O–H groups in total. The lowest BCUT2D eigenvalue weighted by Gasteiger charge is -2.14. The van der Waals surface area contributed by atoms with E-state index in [1.165, 1.54) is 18.2 Å².